The van der Waals surface area contributed by atoms with Gasteiger partial charge in [-0.05, 0) is 47.1 Å². The van der Waals surface area contributed by atoms with E-state index in [0.717, 1.165) is 22.4 Å². The van der Waals surface area contributed by atoms with Gasteiger partial charge in [0.2, 0.25) is 0 Å². The van der Waals surface area contributed by atoms with Crippen LogP contribution in [-0.4, -0.2) is 9.97 Å². The van der Waals surface area contributed by atoms with E-state index in [4.69, 9.17) is 0 Å². The van der Waals surface area contributed by atoms with Gasteiger partial charge < -0.3 is 5.32 Å². The van der Waals surface area contributed by atoms with Crippen LogP contribution >= 0.6 is 15.9 Å². The number of hydrogen-bond donors (Lipinski definition) is 1. The summed E-state index contributed by atoms with van der Waals surface area (Å²) >= 11 is 3.37. The van der Waals surface area contributed by atoms with E-state index in [-0.39, 0.29) is 6.04 Å². The molecule has 1 atom stereocenters. The van der Waals surface area contributed by atoms with Crippen molar-refractivity contribution in [2.75, 3.05) is 0 Å². The molecule has 2 heterocycles. The summed E-state index contributed by atoms with van der Waals surface area (Å²) in [4.78, 5) is 8.63. The van der Waals surface area contributed by atoms with Gasteiger partial charge in [-0.25, -0.2) is 0 Å². The van der Waals surface area contributed by atoms with Gasteiger partial charge in [-0.2, -0.15) is 0 Å². The van der Waals surface area contributed by atoms with Crippen LogP contribution in [0.1, 0.15) is 24.4 Å². The van der Waals surface area contributed by atoms with E-state index in [0.29, 0.717) is 0 Å². The summed E-state index contributed by atoms with van der Waals surface area (Å²) in [6.45, 7) is 2.84. The Balaban J connectivity index is 1.92. The molecule has 17 heavy (non-hydrogen) atoms. The zero-order valence-electron chi connectivity index (χ0n) is 9.60. The summed E-state index contributed by atoms with van der Waals surface area (Å²) in [7, 11) is 0. The maximum absolute atomic E-state index is 4.31. The highest BCUT2D eigenvalue weighted by atomic mass is 79.9. The first kappa shape index (κ1) is 12.2. The minimum Gasteiger partial charge on any atom is -0.303 e. The summed E-state index contributed by atoms with van der Waals surface area (Å²) in [5.41, 5.74) is 2.07. The van der Waals surface area contributed by atoms with Crippen molar-refractivity contribution < 1.29 is 0 Å². The highest BCUT2D eigenvalue weighted by Crippen LogP contribution is 2.10. The molecule has 0 unspecified atom stereocenters. The fraction of sp³-hybridized carbons (Fsp3) is 0.231. The van der Waals surface area contributed by atoms with Crippen molar-refractivity contribution in [2.24, 2.45) is 0 Å². The zero-order valence-corrected chi connectivity index (χ0v) is 11.2. The standard InChI is InChI=1S/C13H14BrN3/c1-10(13-4-2-3-7-15-13)16-9-12-6-5-11(14)8-17-12/h2-8,10,16H,9H2,1H3/t10-/m0/s1. The predicted molar refractivity (Wildman–Crippen MR) is 71.4 cm³/mol. The van der Waals surface area contributed by atoms with Crippen LogP contribution in [0.2, 0.25) is 0 Å². The molecule has 0 amide bonds. The molecule has 0 aliphatic rings. The van der Waals surface area contributed by atoms with Crippen LogP contribution < -0.4 is 5.32 Å². The maximum Gasteiger partial charge on any atom is 0.0570 e. The van der Waals surface area contributed by atoms with Gasteiger partial charge in [0.05, 0.1) is 11.4 Å². The third-order valence-corrected chi connectivity index (χ3v) is 2.98. The summed E-state index contributed by atoms with van der Waals surface area (Å²) in [6.07, 6.45) is 3.62. The molecule has 0 saturated carbocycles. The average molecular weight is 292 g/mol. The van der Waals surface area contributed by atoms with Crippen LogP contribution in [0.5, 0.6) is 0 Å². The normalized spacial score (nSPS) is 12.4. The van der Waals surface area contributed by atoms with Crippen molar-refractivity contribution in [1.82, 2.24) is 15.3 Å². The fourth-order valence-corrected chi connectivity index (χ4v) is 1.74. The lowest BCUT2D eigenvalue weighted by Crippen LogP contribution is -2.19. The molecule has 0 aromatic carbocycles. The second-order valence-electron chi connectivity index (χ2n) is 3.82. The number of halogens is 1. The van der Waals surface area contributed by atoms with Crippen LogP contribution in [0.4, 0.5) is 0 Å². The van der Waals surface area contributed by atoms with Crippen molar-refractivity contribution in [1.29, 1.82) is 0 Å². The Labute approximate surface area is 109 Å². The topological polar surface area (TPSA) is 37.8 Å². The monoisotopic (exact) mass is 291 g/mol. The molecule has 2 aromatic heterocycles. The highest BCUT2D eigenvalue weighted by Gasteiger charge is 2.05. The lowest BCUT2D eigenvalue weighted by Gasteiger charge is -2.12. The van der Waals surface area contributed by atoms with Gasteiger partial charge in [0.15, 0.2) is 0 Å². The largest absolute Gasteiger partial charge is 0.303 e. The third-order valence-electron chi connectivity index (χ3n) is 2.51. The second kappa shape index (κ2) is 5.89. The third kappa shape index (κ3) is 3.61. The number of hydrogen-bond acceptors (Lipinski definition) is 3. The number of nitrogens with one attached hydrogen (secondary N) is 1. The predicted octanol–water partition coefficient (Wildman–Crippen LogP) is 3.09. The molecule has 0 saturated heterocycles. The van der Waals surface area contributed by atoms with E-state index in [1.807, 2.05) is 42.7 Å². The van der Waals surface area contributed by atoms with Gasteiger partial charge in [0.1, 0.15) is 0 Å². The first-order chi connectivity index (χ1) is 8.25. The number of rotatable bonds is 4. The molecule has 2 rings (SSSR count). The average Bonchev–Trinajstić information content (AvgIpc) is 2.39. The molecule has 2 aromatic rings. The first-order valence-corrected chi connectivity index (χ1v) is 6.30. The Morgan fingerprint density at radius 2 is 2.12 bits per heavy atom. The number of nitrogens with zero attached hydrogens (tertiary/aromatic N) is 2. The van der Waals surface area contributed by atoms with Crippen LogP contribution in [0.15, 0.2) is 47.2 Å². The fourth-order valence-electron chi connectivity index (χ4n) is 1.51. The van der Waals surface area contributed by atoms with Crippen LogP contribution in [0.3, 0.4) is 0 Å². The Morgan fingerprint density at radius 1 is 1.24 bits per heavy atom. The Morgan fingerprint density at radius 3 is 2.76 bits per heavy atom. The van der Waals surface area contributed by atoms with Crippen LogP contribution in [0.25, 0.3) is 0 Å². The smallest absolute Gasteiger partial charge is 0.0570 e. The van der Waals surface area contributed by atoms with Crippen molar-refractivity contribution >= 4 is 15.9 Å². The maximum atomic E-state index is 4.31. The van der Waals surface area contributed by atoms with Crippen molar-refractivity contribution in [3.8, 4) is 0 Å². The Hall–Kier alpha value is -1.26. The van der Waals surface area contributed by atoms with Crippen LogP contribution in [0, 0.1) is 0 Å². The van der Waals surface area contributed by atoms with Gasteiger partial charge in [0, 0.05) is 29.5 Å². The Bertz CT molecular complexity index is 456. The highest BCUT2D eigenvalue weighted by molar-refractivity contribution is 9.10. The Kier molecular flexibility index (Phi) is 4.23. The molecular weight excluding hydrogens is 278 g/mol. The van der Waals surface area contributed by atoms with Gasteiger partial charge in [-0.3, -0.25) is 9.97 Å². The quantitative estimate of drug-likeness (QED) is 0.941. The summed E-state index contributed by atoms with van der Waals surface area (Å²) < 4.78 is 0.999. The van der Waals surface area contributed by atoms with E-state index >= 15 is 0 Å². The number of aromatic nitrogens is 2. The van der Waals surface area contributed by atoms with Crippen molar-refractivity contribution in [2.45, 2.75) is 19.5 Å². The van der Waals surface area contributed by atoms with Gasteiger partial charge in [-0.1, -0.05) is 6.07 Å². The van der Waals surface area contributed by atoms with Crippen molar-refractivity contribution in [3.05, 3.63) is 58.6 Å². The zero-order chi connectivity index (χ0) is 12.1. The van der Waals surface area contributed by atoms with E-state index in [1.165, 1.54) is 0 Å². The minimum absolute atomic E-state index is 0.224. The lowest BCUT2D eigenvalue weighted by atomic mass is 10.2. The molecule has 0 aliphatic heterocycles. The van der Waals surface area contributed by atoms with Gasteiger partial charge in [0.25, 0.3) is 0 Å². The van der Waals surface area contributed by atoms with Crippen LogP contribution in [-0.2, 0) is 6.54 Å². The summed E-state index contributed by atoms with van der Waals surface area (Å²) in [5, 5.41) is 3.39. The molecule has 3 nitrogen and oxygen atoms in total. The molecule has 0 radical (unpaired) electrons. The number of pyridine rings is 2. The molecule has 0 fully saturated rings. The molecule has 0 bridgehead atoms. The summed E-state index contributed by atoms with van der Waals surface area (Å²) in [5.74, 6) is 0. The lowest BCUT2D eigenvalue weighted by molar-refractivity contribution is 0.555. The first-order valence-electron chi connectivity index (χ1n) is 5.50. The molecule has 88 valence electrons. The van der Waals surface area contributed by atoms with E-state index in [1.54, 1.807) is 0 Å². The van der Waals surface area contributed by atoms with E-state index in [2.05, 4.69) is 38.1 Å². The van der Waals surface area contributed by atoms with E-state index < -0.39 is 0 Å². The molecular formula is C13H14BrN3. The van der Waals surface area contributed by atoms with Crippen molar-refractivity contribution in [3.63, 3.8) is 0 Å². The molecule has 0 spiro atoms. The molecule has 4 heteroatoms. The summed E-state index contributed by atoms with van der Waals surface area (Å²) in [6, 6.07) is 10.2. The van der Waals surface area contributed by atoms with Gasteiger partial charge >= 0.3 is 0 Å². The second-order valence-corrected chi connectivity index (χ2v) is 4.74. The van der Waals surface area contributed by atoms with E-state index in [9.17, 15) is 0 Å². The molecule has 1 N–H and O–H groups in total. The van der Waals surface area contributed by atoms with Gasteiger partial charge in [-0.15, -0.1) is 0 Å². The molecule has 0 aliphatic carbocycles. The SMILES string of the molecule is C[C@H](NCc1ccc(Br)cn1)c1ccccn1. The minimum atomic E-state index is 0.224.